The number of nitrogens with two attached hydrogens (primary N) is 1. The van der Waals surface area contributed by atoms with Crippen molar-refractivity contribution >= 4 is 15.9 Å². The molecule has 0 heterocycles. The predicted molar refractivity (Wildman–Crippen MR) is 75.8 cm³/mol. The van der Waals surface area contributed by atoms with Gasteiger partial charge < -0.3 is 9.64 Å². The van der Waals surface area contributed by atoms with Gasteiger partial charge in [-0.25, -0.2) is 17.9 Å². The van der Waals surface area contributed by atoms with Gasteiger partial charge in [-0.3, -0.25) is 4.79 Å². The molecule has 0 saturated heterocycles. The summed E-state index contributed by atoms with van der Waals surface area (Å²) in [6.07, 6.45) is 0.686. The van der Waals surface area contributed by atoms with E-state index in [0.717, 1.165) is 18.2 Å². The highest BCUT2D eigenvalue weighted by Crippen LogP contribution is 2.16. The standard InChI is InChI=1S/C13H19FN2O4S/c1-3-6-16(7-8-20-2)13(17)11-9-10(21(15,18)19)4-5-12(11)14/h4-5,9H,3,6-8H2,1-2H3,(H2,15,18,19). The summed E-state index contributed by atoms with van der Waals surface area (Å²) < 4.78 is 41.3. The second-order valence-electron chi connectivity index (χ2n) is 4.47. The number of rotatable bonds is 7. The molecule has 0 saturated carbocycles. The van der Waals surface area contributed by atoms with Crippen LogP contribution in [0, 0.1) is 5.82 Å². The fourth-order valence-corrected chi connectivity index (χ4v) is 2.34. The van der Waals surface area contributed by atoms with Crippen LogP contribution in [-0.2, 0) is 14.8 Å². The minimum Gasteiger partial charge on any atom is -0.383 e. The van der Waals surface area contributed by atoms with Gasteiger partial charge in [0.15, 0.2) is 0 Å². The first-order chi connectivity index (χ1) is 9.81. The van der Waals surface area contributed by atoms with E-state index in [4.69, 9.17) is 9.88 Å². The van der Waals surface area contributed by atoms with E-state index >= 15 is 0 Å². The predicted octanol–water partition coefficient (Wildman–Crippen LogP) is 0.972. The number of benzene rings is 1. The van der Waals surface area contributed by atoms with Gasteiger partial charge >= 0.3 is 0 Å². The number of ether oxygens (including phenoxy) is 1. The third-order valence-corrected chi connectivity index (χ3v) is 3.75. The Morgan fingerprint density at radius 2 is 2.05 bits per heavy atom. The lowest BCUT2D eigenvalue weighted by Gasteiger charge is -2.22. The maximum atomic E-state index is 13.8. The molecule has 0 fully saturated rings. The molecule has 0 spiro atoms. The van der Waals surface area contributed by atoms with Gasteiger partial charge in [-0.05, 0) is 24.6 Å². The van der Waals surface area contributed by atoms with Gasteiger partial charge in [-0.15, -0.1) is 0 Å². The molecule has 118 valence electrons. The molecule has 0 aliphatic carbocycles. The number of sulfonamides is 1. The lowest BCUT2D eigenvalue weighted by molar-refractivity contribution is 0.0691. The number of hydrogen-bond acceptors (Lipinski definition) is 4. The van der Waals surface area contributed by atoms with Crippen LogP contribution in [0.2, 0.25) is 0 Å². The Morgan fingerprint density at radius 1 is 1.38 bits per heavy atom. The number of carbonyl (C=O) groups excluding carboxylic acids is 1. The number of primary sulfonamides is 1. The molecule has 2 N–H and O–H groups in total. The monoisotopic (exact) mass is 318 g/mol. The molecule has 0 radical (unpaired) electrons. The molecule has 0 aliphatic heterocycles. The maximum absolute atomic E-state index is 13.8. The SMILES string of the molecule is CCCN(CCOC)C(=O)c1cc(S(N)(=O)=O)ccc1F. The summed E-state index contributed by atoms with van der Waals surface area (Å²) >= 11 is 0. The molecule has 21 heavy (non-hydrogen) atoms. The van der Waals surface area contributed by atoms with Crippen LogP contribution in [0.1, 0.15) is 23.7 Å². The Morgan fingerprint density at radius 3 is 2.57 bits per heavy atom. The number of carbonyl (C=O) groups is 1. The maximum Gasteiger partial charge on any atom is 0.256 e. The zero-order valence-electron chi connectivity index (χ0n) is 12.0. The zero-order chi connectivity index (χ0) is 16.0. The third kappa shape index (κ3) is 4.76. The van der Waals surface area contributed by atoms with Crippen molar-refractivity contribution in [1.82, 2.24) is 4.90 Å². The molecule has 0 aromatic heterocycles. The van der Waals surface area contributed by atoms with Crippen molar-refractivity contribution in [2.75, 3.05) is 26.8 Å². The molecule has 0 aliphatic rings. The molecular weight excluding hydrogens is 299 g/mol. The third-order valence-electron chi connectivity index (χ3n) is 2.84. The van der Waals surface area contributed by atoms with Crippen molar-refractivity contribution in [3.05, 3.63) is 29.6 Å². The number of nitrogens with zero attached hydrogens (tertiary/aromatic N) is 1. The van der Waals surface area contributed by atoms with E-state index in [1.165, 1.54) is 12.0 Å². The van der Waals surface area contributed by atoms with Gasteiger partial charge in [0.25, 0.3) is 5.91 Å². The minimum absolute atomic E-state index is 0.294. The summed E-state index contributed by atoms with van der Waals surface area (Å²) in [4.78, 5) is 13.5. The average Bonchev–Trinajstić information content (AvgIpc) is 2.42. The number of amides is 1. The first-order valence-corrected chi connectivity index (χ1v) is 7.96. The van der Waals surface area contributed by atoms with Gasteiger partial charge in [0.05, 0.1) is 17.1 Å². The van der Waals surface area contributed by atoms with Crippen molar-refractivity contribution < 1.29 is 22.3 Å². The Kier molecular flexibility index (Phi) is 6.25. The molecule has 1 amide bonds. The van der Waals surface area contributed by atoms with Gasteiger partial charge in [-0.2, -0.15) is 0 Å². The van der Waals surface area contributed by atoms with Gasteiger partial charge in [-0.1, -0.05) is 6.92 Å². The van der Waals surface area contributed by atoms with E-state index in [0.29, 0.717) is 26.1 Å². The number of hydrogen-bond donors (Lipinski definition) is 1. The van der Waals surface area contributed by atoms with Crippen LogP contribution in [0.15, 0.2) is 23.1 Å². The summed E-state index contributed by atoms with van der Waals surface area (Å²) in [7, 11) is -2.50. The van der Waals surface area contributed by atoms with E-state index in [-0.39, 0.29) is 10.5 Å². The molecule has 1 aromatic carbocycles. The largest absolute Gasteiger partial charge is 0.383 e. The van der Waals surface area contributed by atoms with E-state index in [9.17, 15) is 17.6 Å². The van der Waals surface area contributed by atoms with E-state index in [2.05, 4.69) is 0 Å². The molecule has 0 atom stereocenters. The van der Waals surface area contributed by atoms with Crippen LogP contribution >= 0.6 is 0 Å². The van der Waals surface area contributed by atoms with E-state index in [1.807, 2.05) is 6.92 Å². The summed E-state index contributed by atoms with van der Waals surface area (Å²) in [5, 5.41) is 5.00. The Balaban J connectivity index is 3.14. The molecular formula is C13H19FN2O4S. The van der Waals surface area contributed by atoms with Crippen molar-refractivity contribution in [3.8, 4) is 0 Å². The summed E-state index contributed by atoms with van der Waals surface area (Å²) in [6, 6.07) is 2.91. The highest BCUT2D eigenvalue weighted by Gasteiger charge is 2.21. The highest BCUT2D eigenvalue weighted by molar-refractivity contribution is 7.89. The van der Waals surface area contributed by atoms with Gasteiger partial charge in [0.2, 0.25) is 10.0 Å². The Hall–Kier alpha value is -1.51. The van der Waals surface area contributed by atoms with Crippen LogP contribution in [0.4, 0.5) is 4.39 Å². The van der Waals surface area contributed by atoms with Crippen molar-refractivity contribution in [2.24, 2.45) is 5.14 Å². The Labute approximate surface area is 123 Å². The number of halogens is 1. The number of methoxy groups -OCH3 is 1. The average molecular weight is 318 g/mol. The van der Waals surface area contributed by atoms with Crippen LogP contribution in [-0.4, -0.2) is 46.0 Å². The van der Waals surface area contributed by atoms with Crippen molar-refractivity contribution in [3.63, 3.8) is 0 Å². The summed E-state index contributed by atoms with van der Waals surface area (Å²) in [5.41, 5.74) is -0.314. The first kappa shape index (κ1) is 17.5. The molecule has 1 aromatic rings. The fraction of sp³-hybridized carbons (Fsp3) is 0.462. The van der Waals surface area contributed by atoms with Crippen LogP contribution in [0.5, 0.6) is 0 Å². The first-order valence-electron chi connectivity index (χ1n) is 6.41. The zero-order valence-corrected chi connectivity index (χ0v) is 12.8. The lowest BCUT2D eigenvalue weighted by Crippen LogP contribution is -2.35. The van der Waals surface area contributed by atoms with Crippen LogP contribution in [0.25, 0.3) is 0 Å². The topological polar surface area (TPSA) is 89.7 Å². The lowest BCUT2D eigenvalue weighted by atomic mass is 10.2. The van der Waals surface area contributed by atoms with Crippen LogP contribution < -0.4 is 5.14 Å². The van der Waals surface area contributed by atoms with Gasteiger partial charge in [0.1, 0.15) is 5.82 Å². The minimum atomic E-state index is -3.99. The quantitative estimate of drug-likeness (QED) is 0.811. The van der Waals surface area contributed by atoms with Crippen molar-refractivity contribution in [2.45, 2.75) is 18.2 Å². The smallest absolute Gasteiger partial charge is 0.256 e. The van der Waals surface area contributed by atoms with Crippen LogP contribution in [0.3, 0.4) is 0 Å². The fourth-order valence-electron chi connectivity index (χ4n) is 1.80. The highest BCUT2D eigenvalue weighted by atomic mass is 32.2. The molecule has 1 rings (SSSR count). The Bertz CT molecular complexity index is 604. The van der Waals surface area contributed by atoms with E-state index in [1.54, 1.807) is 0 Å². The molecule has 0 bridgehead atoms. The molecule has 6 nitrogen and oxygen atoms in total. The summed E-state index contributed by atoms with van der Waals surface area (Å²) in [6.45, 7) is 2.90. The summed E-state index contributed by atoms with van der Waals surface area (Å²) in [5.74, 6) is -1.37. The normalized spacial score (nSPS) is 11.4. The van der Waals surface area contributed by atoms with E-state index < -0.39 is 21.7 Å². The molecule has 8 heteroatoms. The second kappa shape index (κ2) is 7.48. The van der Waals surface area contributed by atoms with Crippen molar-refractivity contribution in [1.29, 1.82) is 0 Å². The molecule has 0 unspecified atom stereocenters. The second-order valence-corrected chi connectivity index (χ2v) is 6.03. The van der Waals surface area contributed by atoms with Gasteiger partial charge in [0, 0.05) is 20.2 Å².